The van der Waals surface area contributed by atoms with Crippen LogP contribution in [0, 0.1) is 18.8 Å². The first-order chi connectivity index (χ1) is 18.0. The van der Waals surface area contributed by atoms with Crippen LogP contribution in [0.1, 0.15) is 47.1 Å². The van der Waals surface area contributed by atoms with Gasteiger partial charge in [-0.25, -0.2) is 0 Å². The van der Waals surface area contributed by atoms with Crippen molar-refractivity contribution >= 4 is 17.8 Å². The average Bonchev–Trinajstić information content (AvgIpc) is 3.73. The zero-order chi connectivity index (χ0) is 25.9. The van der Waals surface area contributed by atoms with Crippen molar-refractivity contribution in [1.82, 2.24) is 10.2 Å². The van der Waals surface area contributed by atoms with Crippen LogP contribution in [0.4, 0.5) is 0 Å². The number of likely N-dealkylation sites (tertiary alicyclic amines) is 1. The quantitative estimate of drug-likeness (QED) is 0.487. The van der Waals surface area contributed by atoms with Crippen LogP contribution >= 0.6 is 0 Å². The molecule has 2 aliphatic rings. The number of ether oxygens (including phenoxy) is 1. The first-order valence-electron chi connectivity index (χ1n) is 12.8. The minimum absolute atomic E-state index is 0.0725. The Morgan fingerprint density at radius 3 is 2.03 bits per heavy atom. The van der Waals surface area contributed by atoms with Gasteiger partial charge in [0.25, 0.3) is 0 Å². The Bertz CT molecular complexity index is 1260. The van der Waals surface area contributed by atoms with Gasteiger partial charge in [-0.15, -0.1) is 0 Å². The monoisotopic (exact) mass is 496 g/mol. The maximum Gasteiger partial charge on any atom is 0.311 e. The summed E-state index contributed by atoms with van der Waals surface area (Å²) in [6.07, 6.45) is 1.60. The van der Waals surface area contributed by atoms with E-state index >= 15 is 0 Å². The number of benzene rings is 3. The second-order valence-electron chi connectivity index (χ2n) is 10.0. The lowest BCUT2D eigenvalue weighted by atomic mass is 9.80. The number of aryl methyl sites for hydroxylation is 1. The Morgan fingerprint density at radius 1 is 0.865 bits per heavy atom. The summed E-state index contributed by atoms with van der Waals surface area (Å²) in [6.45, 7) is 2.35. The number of esters is 1. The number of amides is 2. The molecule has 0 aromatic heterocycles. The predicted octanol–water partition coefficient (Wildman–Crippen LogP) is 4.55. The first-order valence-corrected chi connectivity index (χ1v) is 12.8. The molecular formula is C31H32N2O4. The third-order valence-corrected chi connectivity index (χ3v) is 7.50. The van der Waals surface area contributed by atoms with Crippen LogP contribution in [0.5, 0.6) is 0 Å². The fourth-order valence-electron chi connectivity index (χ4n) is 5.51. The highest BCUT2D eigenvalue weighted by molar-refractivity contribution is 5.93. The van der Waals surface area contributed by atoms with Gasteiger partial charge >= 0.3 is 5.97 Å². The molecule has 6 nitrogen and oxygen atoms in total. The van der Waals surface area contributed by atoms with E-state index in [0.717, 1.165) is 35.1 Å². The molecule has 190 valence electrons. The Labute approximate surface area is 217 Å². The molecule has 0 spiro atoms. The summed E-state index contributed by atoms with van der Waals surface area (Å²) in [5.74, 6) is -2.17. The molecule has 2 fully saturated rings. The summed E-state index contributed by atoms with van der Waals surface area (Å²) < 4.78 is 5.30. The van der Waals surface area contributed by atoms with Crippen molar-refractivity contribution in [3.05, 3.63) is 107 Å². The zero-order valence-electron chi connectivity index (χ0n) is 21.2. The summed E-state index contributed by atoms with van der Waals surface area (Å²) in [7, 11) is 1.37. The summed E-state index contributed by atoms with van der Waals surface area (Å²) in [4.78, 5) is 43.0. The molecule has 1 saturated carbocycles. The second kappa shape index (κ2) is 10.6. The van der Waals surface area contributed by atoms with Crippen molar-refractivity contribution in [1.29, 1.82) is 0 Å². The molecule has 5 rings (SSSR count). The molecule has 1 aliphatic carbocycles. The van der Waals surface area contributed by atoms with Gasteiger partial charge in [0.05, 0.1) is 19.1 Å². The molecule has 1 aliphatic heterocycles. The van der Waals surface area contributed by atoms with Crippen molar-refractivity contribution < 1.29 is 19.1 Å². The van der Waals surface area contributed by atoms with E-state index in [2.05, 4.69) is 5.32 Å². The molecule has 3 aromatic carbocycles. The largest absolute Gasteiger partial charge is 0.469 e. The smallest absolute Gasteiger partial charge is 0.311 e. The van der Waals surface area contributed by atoms with E-state index in [1.54, 1.807) is 4.90 Å². The third kappa shape index (κ3) is 5.01. The van der Waals surface area contributed by atoms with E-state index in [4.69, 9.17) is 4.74 Å². The van der Waals surface area contributed by atoms with Crippen LogP contribution in [-0.4, -0.2) is 35.8 Å². The van der Waals surface area contributed by atoms with Crippen LogP contribution in [0.3, 0.4) is 0 Å². The van der Waals surface area contributed by atoms with Crippen LogP contribution in [-0.2, 0) is 25.7 Å². The first kappa shape index (κ1) is 24.8. The van der Waals surface area contributed by atoms with Gasteiger partial charge in [0.15, 0.2) is 0 Å². The van der Waals surface area contributed by atoms with Crippen molar-refractivity contribution in [3.63, 3.8) is 0 Å². The van der Waals surface area contributed by atoms with Crippen molar-refractivity contribution in [3.8, 4) is 0 Å². The maximum absolute atomic E-state index is 14.0. The van der Waals surface area contributed by atoms with Gasteiger partial charge in [-0.05, 0) is 36.5 Å². The molecule has 0 radical (unpaired) electrons. The van der Waals surface area contributed by atoms with Crippen LogP contribution < -0.4 is 5.32 Å². The number of carbonyl (C=O) groups is 3. The molecule has 2 amide bonds. The van der Waals surface area contributed by atoms with Gasteiger partial charge in [0.1, 0.15) is 6.04 Å². The lowest BCUT2D eigenvalue weighted by Crippen LogP contribution is -2.49. The molecule has 6 heteroatoms. The van der Waals surface area contributed by atoms with Crippen LogP contribution in [0.25, 0.3) is 0 Å². The minimum atomic E-state index is -0.852. The number of rotatable bonds is 7. The van der Waals surface area contributed by atoms with Crippen LogP contribution in [0.15, 0.2) is 84.9 Å². The van der Waals surface area contributed by atoms with Crippen molar-refractivity contribution in [2.45, 2.75) is 44.3 Å². The molecular weight excluding hydrogens is 464 g/mol. The van der Waals surface area contributed by atoms with E-state index in [-0.39, 0.29) is 17.7 Å². The van der Waals surface area contributed by atoms with E-state index in [9.17, 15) is 14.4 Å². The topological polar surface area (TPSA) is 75.7 Å². The Balaban J connectivity index is 1.60. The summed E-state index contributed by atoms with van der Waals surface area (Å²) >= 11 is 0. The second-order valence-corrected chi connectivity index (χ2v) is 10.0. The van der Waals surface area contributed by atoms with E-state index < -0.39 is 29.9 Å². The third-order valence-electron chi connectivity index (χ3n) is 7.50. The fourth-order valence-corrected chi connectivity index (χ4v) is 5.51. The number of carbonyl (C=O) groups excluding carboxylic acids is 3. The van der Waals surface area contributed by atoms with Gasteiger partial charge < -0.3 is 15.0 Å². The highest BCUT2D eigenvalue weighted by atomic mass is 16.5. The summed E-state index contributed by atoms with van der Waals surface area (Å²) in [5.41, 5.74) is 3.77. The van der Waals surface area contributed by atoms with Gasteiger partial charge in [-0.3, -0.25) is 14.4 Å². The molecule has 37 heavy (non-hydrogen) atoms. The van der Waals surface area contributed by atoms with Gasteiger partial charge in [-0.2, -0.15) is 0 Å². The van der Waals surface area contributed by atoms with E-state index in [1.807, 2.05) is 91.9 Å². The minimum Gasteiger partial charge on any atom is -0.469 e. The van der Waals surface area contributed by atoms with Crippen LogP contribution in [0.2, 0.25) is 0 Å². The zero-order valence-corrected chi connectivity index (χ0v) is 21.2. The lowest BCUT2D eigenvalue weighted by Gasteiger charge is -2.31. The van der Waals surface area contributed by atoms with E-state index in [0.29, 0.717) is 6.54 Å². The number of nitrogens with one attached hydrogen (secondary N) is 1. The average molecular weight is 497 g/mol. The highest BCUT2D eigenvalue weighted by Crippen LogP contribution is 2.52. The molecule has 1 N–H and O–H groups in total. The number of hydrogen-bond acceptors (Lipinski definition) is 4. The normalized spacial score (nSPS) is 22.9. The van der Waals surface area contributed by atoms with Gasteiger partial charge in [0, 0.05) is 18.4 Å². The van der Waals surface area contributed by atoms with Gasteiger partial charge in [-0.1, -0.05) is 90.5 Å². The molecule has 4 atom stereocenters. The lowest BCUT2D eigenvalue weighted by molar-refractivity contribution is -0.148. The SMILES string of the molecule is COC(=O)C1C(c2ccccc2)C(C(=O)NCc2ccc(C)cc2)N(C(=O)C2CC2)C1c1ccccc1. The molecule has 3 aromatic rings. The van der Waals surface area contributed by atoms with E-state index in [1.165, 1.54) is 7.11 Å². The molecule has 4 unspecified atom stereocenters. The Hall–Kier alpha value is -3.93. The number of methoxy groups -OCH3 is 1. The highest BCUT2D eigenvalue weighted by Gasteiger charge is 2.59. The maximum atomic E-state index is 14.0. The Kier molecular flexibility index (Phi) is 7.08. The number of nitrogens with zero attached hydrogens (tertiary/aromatic N) is 1. The van der Waals surface area contributed by atoms with Crippen molar-refractivity contribution in [2.24, 2.45) is 11.8 Å². The standard InChI is InChI=1S/C31H32N2O4/c1-20-13-15-21(16-14-20)19-32-29(34)28-25(22-9-5-3-6-10-22)26(31(36)37-2)27(23-11-7-4-8-12-23)33(28)30(35)24-17-18-24/h3-16,24-28H,17-19H2,1-2H3,(H,32,34). The summed E-state index contributed by atoms with van der Waals surface area (Å²) in [5, 5.41) is 3.07. The fraction of sp³-hybridized carbons (Fsp3) is 0.323. The molecule has 0 bridgehead atoms. The Morgan fingerprint density at radius 2 is 1.46 bits per heavy atom. The number of hydrogen-bond donors (Lipinski definition) is 1. The molecule has 1 heterocycles. The summed E-state index contributed by atoms with van der Waals surface area (Å²) in [6, 6.07) is 25.6. The molecule has 1 saturated heterocycles. The van der Waals surface area contributed by atoms with Gasteiger partial charge in [0.2, 0.25) is 11.8 Å². The predicted molar refractivity (Wildman–Crippen MR) is 140 cm³/mol. The van der Waals surface area contributed by atoms with Crippen molar-refractivity contribution in [2.75, 3.05) is 7.11 Å².